The van der Waals surface area contributed by atoms with Gasteiger partial charge in [-0.1, -0.05) is 0 Å². The van der Waals surface area contributed by atoms with Crippen LogP contribution in [0, 0.1) is 6.92 Å². The molecule has 1 aromatic carbocycles. The van der Waals surface area contributed by atoms with Crippen LogP contribution < -0.4 is 4.74 Å². The van der Waals surface area contributed by atoms with Crippen LogP contribution in [0.5, 0.6) is 23.1 Å². The number of benzene rings is 1. The largest absolute Gasteiger partial charge is 0.504 e. The van der Waals surface area contributed by atoms with Crippen LogP contribution in [0.2, 0.25) is 0 Å². The number of aryl methyl sites for hydroxylation is 1. The minimum atomic E-state index is -1.15. The molecule has 1 unspecified atom stereocenters. The summed E-state index contributed by atoms with van der Waals surface area (Å²) in [5, 5.41) is 39.4. The van der Waals surface area contributed by atoms with Gasteiger partial charge in [0.25, 0.3) is 0 Å². The van der Waals surface area contributed by atoms with Crippen molar-refractivity contribution in [3.8, 4) is 23.1 Å². The van der Waals surface area contributed by atoms with Gasteiger partial charge in [0, 0.05) is 16.3 Å². The maximum Gasteiger partial charge on any atom is 0.310 e. The minimum Gasteiger partial charge on any atom is -0.504 e. The molecule has 112 valence electrons. The van der Waals surface area contributed by atoms with Gasteiger partial charge in [0.15, 0.2) is 11.5 Å². The lowest BCUT2D eigenvalue weighted by Gasteiger charge is -2.17. The van der Waals surface area contributed by atoms with Gasteiger partial charge in [-0.15, -0.1) is 0 Å². The van der Waals surface area contributed by atoms with Crippen molar-refractivity contribution in [1.29, 1.82) is 0 Å². The van der Waals surface area contributed by atoms with Gasteiger partial charge >= 0.3 is 5.97 Å². The van der Waals surface area contributed by atoms with Crippen molar-refractivity contribution in [3.05, 3.63) is 17.3 Å². The number of carbonyl (C=O) groups is 1. The average molecular weight is 293 g/mol. The lowest BCUT2D eigenvalue weighted by Crippen LogP contribution is -2.09. The van der Waals surface area contributed by atoms with E-state index in [0.717, 1.165) is 0 Å². The molecular formula is C14H15NO6. The summed E-state index contributed by atoms with van der Waals surface area (Å²) in [6, 6.07) is 1.19. The number of carboxylic acids is 1. The SMILES string of the molecule is COc1c(O)c(O)cc2c(C(C)C(=O)O)c(O)nc(C)c12. The summed E-state index contributed by atoms with van der Waals surface area (Å²) in [4.78, 5) is 15.1. The zero-order valence-electron chi connectivity index (χ0n) is 11.7. The molecular weight excluding hydrogens is 278 g/mol. The third-order valence-corrected chi connectivity index (χ3v) is 3.41. The Hall–Kier alpha value is -2.70. The van der Waals surface area contributed by atoms with Crippen molar-refractivity contribution in [2.45, 2.75) is 19.8 Å². The lowest BCUT2D eigenvalue weighted by atomic mass is 9.94. The molecule has 1 atom stereocenters. The number of aromatic hydroxyl groups is 3. The number of aromatic nitrogens is 1. The summed E-state index contributed by atoms with van der Waals surface area (Å²) in [5.74, 6) is -3.58. The van der Waals surface area contributed by atoms with Crippen molar-refractivity contribution in [1.82, 2.24) is 4.98 Å². The molecule has 0 amide bonds. The van der Waals surface area contributed by atoms with Gasteiger partial charge in [0.05, 0.1) is 18.7 Å². The Labute approximate surface area is 120 Å². The topological polar surface area (TPSA) is 120 Å². The molecule has 7 heteroatoms. The molecule has 0 spiro atoms. The molecule has 2 rings (SSSR count). The number of fused-ring (bicyclic) bond motifs is 1. The number of phenolic OH excluding ortho intramolecular Hbond substituents is 2. The van der Waals surface area contributed by atoms with Crippen LogP contribution in [-0.4, -0.2) is 38.5 Å². The summed E-state index contributed by atoms with van der Waals surface area (Å²) >= 11 is 0. The number of methoxy groups -OCH3 is 1. The molecule has 1 aromatic heterocycles. The van der Waals surface area contributed by atoms with E-state index in [1.54, 1.807) is 6.92 Å². The highest BCUT2D eigenvalue weighted by atomic mass is 16.5. The highest BCUT2D eigenvalue weighted by Crippen LogP contribution is 2.46. The number of nitrogens with zero attached hydrogens (tertiary/aromatic N) is 1. The highest BCUT2D eigenvalue weighted by molar-refractivity contribution is 5.99. The van der Waals surface area contributed by atoms with E-state index in [2.05, 4.69) is 4.98 Å². The van der Waals surface area contributed by atoms with Crippen LogP contribution in [-0.2, 0) is 4.79 Å². The van der Waals surface area contributed by atoms with Gasteiger partial charge in [-0.2, -0.15) is 0 Å². The van der Waals surface area contributed by atoms with Gasteiger partial charge in [-0.05, 0) is 19.9 Å². The smallest absolute Gasteiger partial charge is 0.310 e. The van der Waals surface area contributed by atoms with Crippen molar-refractivity contribution >= 4 is 16.7 Å². The highest BCUT2D eigenvalue weighted by Gasteiger charge is 2.26. The predicted octanol–water partition coefficient (Wildman–Crippen LogP) is 1.86. The number of hydrogen-bond donors (Lipinski definition) is 4. The predicted molar refractivity (Wildman–Crippen MR) is 74.1 cm³/mol. The molecule has 4 N–H and O–H groups in total. The number of aliphatic carboxylic acids is 1. The van der Waals surface area contributed by atoms with Crippen LogP contribution in [0.1, 0.15) is 24.1 Å². The summed E-state index contributed by atoms with van der Waals surface area (Å²) in [5.41, 5.74) is 0.396. The summed E-state index contributed by atoms with van der Waals surface area (Å²) in [6.45, 7) is 2.97. The van der Waals surface area contributed by atoms with Crippen molar-refractivity contribution in [3.63, 3.8) is 0 Å². The van der Waals surface area contributed by atoms with E-state index in [-0.39, 0.29) is 16.7 Å². The monoisotopic (exact) mass is 293 g/mol. The van der Waals surface area contributed by atoms with Gasteiger partial charge in [-0.25, -0.2) is 4.98 Å². The fraction of sp³-hybridized carbons (Fsp3) is 0.286. The van der Waals surface area contributed by atoms with E-state index in [0.29, 0.717) is 11.1 Å². The fourth-order valence-corrected chi connectivity index (χ4v) is 2.35. The van der Waals surface area contributed by atoms with Crippen LogP contribution >= 0.6 is 0 Å². The molecule has 0 bridgehead atoms. The van der Waals surface area contributed by atoms with Crippen LogP contribution in [0.15, 0.2) is 6.07 Å². The first-order chi connectivity index (χ1) is 9.79. The van der Waals surface area contributed by atoms with Crippen molar-refractivity contribution in [2.75, 3.05) is 7.11 Å². The normalized spacial score (nSPS) is 12.3. The summed E-state index contributed by atoms with van der Waals surface area (Å²) in [7, 11) is 1.31. The van der Waals surface area contributed by atoms with E-state index in [1.807, 2.05) is 0 Å². The fourth-order valence-electron chi connectivity index (χ4n) is 2.35. The standard InChI is InChI=1S/C14H15NO6/c1-5(14(19)20)9-7-4-8(16)11(17)12(21-3)10(7)6(2)15-13(9)18/h4-5,16-17H,1-3H3,(H,15,18)(H,19,20). The second-order valence-corrected chi connectivity index (χ2v) is 4.69. The van der Waals surface area contributed by atoms with Gasteiger partial charge in [0.2, 0.25) is 11.6 Å². The first kappa shape index (κ1) is 14.7. The van der Waals surface area contributed by atoms with Crippen LogP contribution in [0.4, 0.5) is 0 Å². The van der Waals surface area contributed by atoms with E-state index in [1.165, 1.54) is 20.1 Å². The second-order valence-electron chi connectivity index (χ2n) is 4.69. The summed E-state index contributed by atoms with van der Waals surface area (Å²) in [6.07, 6.45) is 0. The Morgan fingerprint density at radius 3 is 2.48 bits per heavy atom. The quantitative estimate of drug-likeness (QED) is 0.637. The number of pyridine rings is 1. The zero-order chi connectivity index (χ0) is 15.9. The molecule has 0 aliphatic heterocycles. The second kappa shape index (κ2) is 5.01. The maximum atomic E-state index is 11.2. The van der Waals surface area contributed by atoms with Crippen LogP contribution in [0.25, 0.3) is 10.8 Å². The van der Waals surface area contributed by atoms with Gasteiger partial charge < -0.3 is 25.2 Å². The van der Waals surface area contributed by atoms with E-state index in [9.17, 15) is 20.1 Å². The summed E-state index contributed by atoms with van der Waals surface area (Å²) < 4.78 is 5.08. The molecule has 2 aromatic rings. The Morgan fingerprint density at radius 2 is 1.95 bits per heavy atom. The number of rotatable bonds is 3. The minimum absolute atomic E-state index is 0.0196. The first-order valence-corrected chi connectivity index (χ1v) is 6.14. The molecule has 0 aliphatic carbocycles. The molecule has 0 aliphatic rings. The van der Waals surface area contributed by atoms with E-state index < -0.39 is 29.3 Å². The third kappa shape index (κ3) is 2.16. The number of ether oxygens (including phenoxy) is 1. The number of carboxylic acid groups (broad SMARTS) is 1. The molecule has 0 fully saturated rings. The number of phenols is 2. The molecule has 7 nitrogen and oxygen atoms in total. The Balaban J connectivity index is 3.01. The van der Waals surface area contributed by atoms with E-state index >= 15 is 0 Å². The van der Waals surface area contributed by atoms with E-state index in [4.69, 9.17) is 9.84 Å². The Morgan fingerprint density at radius 1 is 1.33 bits per heavy atom. The Kier molecular flexibility index (Phi) is 3.51. The average Bonchev–Trinajstić information content (AvgIpc) is 2.40. The van der Waals surface area contributed by atoms with Gasteiger partial charge in [-0.3, -0.25) is 4.79 Å². The molecule has 0 radical (unpaired) electrons. The van der Waals surface area contributed by atoms with Crippen molar-refractivity contribution in [2.24, 2.45) is 0 Å². The lowest BCUT2D eigenvalue weighted by molar-refractivity contribution is -0.138. The molecule has 0 saturated heterocycles. The van der Waals surface area contributed by atoms with Crippen LogP contribution in [0.3, 0.4) is 0 Å². The zero-order valence-corrected chi connectivity index (χ0v) is 11.7. The maximum absolute atomic E-state index is 11.2. The van der Waals surface area contributed by atoms with Crippen molar-refractivity contribution < 1.29 is 30.0 Å². The third-order valence-electron chi connectivity index (χ3n) is 3.41. The molecule has 1 heterocycles. The number of hydrogen-bond acceptors (Lipinski definition) is 6. The Bertz CT molecular complexity index is 740. The first-order valence-electron chi connectivity index (χ1n) is 6.14. The molecule has 21 heavy (non-hydrogen) atoms. The molecule has 0 saturated carbocycles. The van der Waals surface area contributed by atoms with Gasteiger partial charge in [0.1, 0.15) is 0 Å².